The van der Waals surface area contributed by atoms with Crippen LogP contribution in [0.3, 0.4) is 0 Å². The Morgan fingerprint density at radius 3 is 2.31 bits per heavy atom. The number of carbonyl (C=O) groups is 2. The van der Waals surface area contributed by atoms with Gasteiger partial charge in [0.2, 0.25) is 5.91 Å². The summed E-state index contributed by atoms with van der Waals surface area (Å²) in [5, 5.41) is 2.51. The van der Waals surface area contributed by atoms with E-state index in [0.717, 1.165) is 17.0 Å². The molecule has 184 valence electrons. The molecule has 3 rings (SSSR count). The standard InChI is InChI=1S/C19H26F2N3O8P.2K/c1-12(25)22-9-14-10-24(18(26)31-14)13-7-15(20)17(16(21)8-13)23-5-3-19(4-6-23,11-30-2)32-33(27,28)29;;/h7-8,14H,3-6,9-11H2,1-2H3,(H,22,25)(H2,27,28,29);;/q;2*+1/p-2/t14-;;/m0../s1. The number of methoxy groups -OCH3 is 1. The van der Waals surface area contributed by atoms with E-state index in [-0.39, 0.29) is 166 Å². The molecule has 0 aliphatic carbocycles. The molecule has 0 aromatic heterocycles. The smallest absolute Gasteiger partial charge is 0.790 e. The Morgan fingerprint density at radius 1 is 1.26 bits per heavy atom. The summed E-state index contributed by atoms with van der Waals surface area (Å²) in [5.74, 6) is -2.16. The summed E-state index contributed by atoms with van der Waals surface area (Å²) in [4.78, 5) is 47.8. The Hall–Kier alpha value is 0.963. The number of cyclic esters (lactones) is 1. The van der Waals surface area contributed by atoms with Gasteiger partial charge in [0.05, 0.1) is 38.8 Å². The van der Waals surface area contributed by atoms with Crippen LogP contribution in [0.4, 0.5) is 25.0 Å². The maximum atomic E-state index is 14.9. The average molecular weight is 570 g/mol. The Kier molecular flexibility index (Phi) is 14.0. The van der Waals surface area contributed by atoms with Crippen LogP contribution in [0, 0.1) is 11.6 Å². The van der Waals surface area contributed by atoms with Crippen molar-refractivity contribution in [2.75, 3.05) is 49.7 Å². The monoisotopic (exact) mass is 569 g/mol. The number of ether oxygens (including phenoxy) is 2. The Balaban J connectivity index is 0.00000306. The van der Waals surface area contributed by atoms with Crippen LogP contribution in [0.25, 0.3) is 0 Å². The van der Waals surface area contributed by atoms with Crippen LogP contribution in [0.5, 0.6) is 0 Å². The van der Waals surface area contributed by atoms with Crippen LogP contribution in [0.15, 0.2) is 12.1 Å². The molecule has 2 aliphatic heterocycles. The van der Waals surface area contributed by atoms with Gasteiger partial charge in [-0.3, -0.25) is 9.69 Å². The summed E-state index contributed by atoms with van der Waals surface area (Å²) in [6.07, 6.45) is -1.49. The van der Waals surface area contributed by atoms with Gasteiger partial charge < -0.3 is 38.6 Å². The number of rotatable bonds is 8. The molecule has 0 unspecified atom stereocenters. The van der Waals surface area contributed by atoms with Gasteiger partial charge in [0, 0.05) is 39.3 Å². The van der Waals surface area contributed by atoms with Crippen molar-refractivity contribution >= 4 is 31.2 Å². The van der Waals surface area contributed by atoms with Gasteiger partial charge in [0.15, 0.2) is 11.6 Å². The van der Waals surface area contributed by atoms with Gasteiger partial charge in [-0.05, 0) is 12.8 Å². The quantitative estimate of drug-likeness (QED) is 0.239. The normalized spacial score (nSPS) is 19.5. The van der Waals surface area contributed by atoms with Crippen molar-refractivity contribution in [2.24, 2.45) is 0 Å². The average Bonchev–Trinajstić information content (AvgIpc) is 3.07. The van der Waals surface area contributed by atoms with Gasteiger partial charge in [-0.2, -0.15) is 0 Å². The molecule has 1 N–H and O–H groups in total. The Bertz CT molecular complexity index is 939. The summed E-state index contributed by atoms with van der Waals surface area (Å²) in [6, 6.07) is 1.99. The first-order chi connectivity index (χ1) is 15.4. The van der Waals surface area contributed by atoms with Crippen LogP contribution < -0.4 is 128 Å². The number of anilines is 2. The molecule has 1 aromatic rings. The third-order valence-corrected chi connectivity index (χ3v) is 6.08. The van der Waals surface area contributed by atoms with Crippen molar-refractivity contribution in [3.05, 3.63) is 23.8 Å². The van der Waals surface area contributed by atoms with Crippen LogP contribution in [-0.2, 0) is 23.4 Å². The first-order valence-corrected chi connectivity index (χ1v) is 11.6. The summed E-state index contributed by atoms with van der Waals surface area (Å²) in [6.45, 7) is 1.21. The molecule has 2 aliphatic rings. The summed E-state index contributed by atoms with van der Waals surface area (Å²) >= 11 is 0. The van der Waals surface area contributed by atoms with E-state index in [2.05, 4.69) is 5.32 Å². The van der Waals surface area contributed by atoms with Crippen molar-refractivity contribution in [1.82, 2.24) is 5.32 Å². The maximum absolute atomic E-state index is 14.9. The summed E-state index contributed by atoms with van der Waals surface area (Å²) < 4.78 is 55.8. The summed E-state index contributed by atoms with van der Waals surface area (Å²) in [7, 11) is -3.98. The van der Waals surface area contributed by atoms with Crippen LogP contribution in [0.1, 0.15) is 19.8 Å². The number of benzene rings is 1. The second kappa shape index (κ2) is 14.4. The number of nitrogens with zero attached hydrogens (tertiary/aromatic N) is 2. The molecular weight excluding hydrogens is 545 g/mol. The minimum absolute atomic E-state index is 0. The zero-order chi connectivity index (χ0) is 24.4. The van der Waals surface area contributed by atoms with Crippen LogP contribution >= 0.6 is 7.82 Å². The molecule has 0 spiro atoms. The molecule has 2 saturated heterocycles. The number of phosphoric ester groups is 1. The van der Waals surface area contributed by atoms with Crippen molar-refractivity contribution < 1.29 is 149 Å². The number of halogens is 2. The predicted octanol–water partition coefficient (Wildman–Crippen LogP) is -5.74. The molecule has 1 aromatic carbocycles. The van der Waals surface area contributed by atoms with Crippen LogP contribution in [-0.4, -0.2) is 63.6 Å². The number of phosphoric acid groups is 1. The van der Waals surface area contributed by atoms with E-state index in [1.165, 1.54) is 18.9 Å². The summed E-state index contributed by atoms with van der Waals surface area (Å²) in [5.41, 5.74) is -1.80. The molecule has 1 atom stereocenters. The molecule has 35 heavy (non-hydrogen) atoms. The Labute approximate surface area is 286 Å². The van der Waals surface area contributed by atoms with Crippen molar-refractivity contribution in [3.63, 3.8) is 0 Å². The molecule has 16 heteroatoms. The first kappa shape index (κ1) is 34.0. The van der Waals surface area contributed by atoms with E-state index in [1.807, 2.05) is 0 Å². The molecular formula is C19H24F2K2N3O8P. The van der Waals surface area contributed by atoms with Crippen molar-refractivity contribution in [3.8, 4) is 0 Å². The van der Waals surface area contributed by atoms with Crippen molar-refractivity contribution in [2.45, 2.75) is 31.5 Å². The molecule has 0 bridgehead atoms. The minimum Gasteiger partial charge on any atom is -0.790 e. The fourth-order valence-corrected chi connectivity index (χ4v) is 4.72. The van der Waals surface area contributed by atoms with E-state index >= 15 is 0 Å². The zero-order valence-electron chi connectivity index (χ0n) is 20.0. The molecule has 0 radical (unpaired) electrons. The number of hydrogen-bond donors (Lipinski definition) is 1. The number of hydrogen-bond acceptors (Lipinski definition) is 9. The number of piperidine rings is 1. The van der Waals surface area contributed by atoms with Gasteiger partial charge in [0.1, 0.15) is 11.8 Å². The second-order valence-corrected chi connectivity index (χ2v) is 9.03. The zero-order valence-corrected chi connectivity index (χ0v) is 27.2. The largest absolute Gasteiger partial charge is 1.00 e. The topological polar surface area (TPSA) is 144 Å². The fraction of sp³-hybridized carbons (Fsp3) is 0.579. The first-order valence-electron chi connectivity index (χ1n) is 10.1. The van der Waals surface area contributed by atoms with E-state index in [9.17, 15) is 32.7 Å². The van der Waals surface area contributed by atoms with E-state index in [0.29, 0.717) is 0 Å². The third kappa shape index (κ3) is 9.29. The van der Waals surface area contributed by atoms with Gasteiger partial charge in [-0.1, -0.05) is 0 Å². The Morgan fingerprint density at radius 2 is 1.83 bits per heavy atom. The van der Waals surface area contributed by atoms with E-state index in [4.69, 9.17) is 14.0 Å². The number of nitrogens with one attached hydrogen (secondary N) is 1. The van der Waals surface area contributed by atoms with Gasteiger partial charge >= 0.3 is 109 Å². The van der Waals surface area contributed by atoms with Crippen LogP contribution in [0.2, 0.25) is 0 Å². The van der Waals surface area contributed by atoms with Gasteiger partial charge in [-0.25, -0.2) is 13.6 Å². The molecule has 11 nitrogen and oxygen atoms in total. The number of carbonyl (C=O) groups excluding carboxylic acids is 2. The minimum atomic E-state index is -5.30. The molecule has 2 fully saturated rings. The molecule has 2 heterocycles. The van der Waals surface area contributed by atoms with E-state index < -0.39 is 37.3 Å². The second-order valence-electron chi connectivity index (χ2n) is 7.95. The number of amides is 2. The SMILES string of the molecule is COCC1(OP(=O)([O-])[O-])CCN(c2c(F)cc(N3C[C@H](CNC(C)=O)OC3=O)cc2F)CC1.[K+].[K+]. The van der Waals surface area contributed by atoms with Gasteiger partial charge in [-0.15, -0.1) is 0 Å². The molecule has 2 amide bonds. The van der Waals surface area contributed by atoms with E-state index in [1.54, 1.807) is 0 Å². The molecule has 0 saturated carbocycles. The maximum Gasteiger partial charge on any atom is 1.00 e. The van der Waals surface area contributed by atoms with Crippen molar-refractivity contribution in [1.29, 1.82) is 0 Å². The fourth-order valence-electron chi connectivity index (χ4n) is 4.01. The predicted molar refractivity (Wildman–Crippen MR) is 107 cm³/mol. The van der Waals surface area contributed by atoms with Gasteiger partial charge in [0.25, 0.3) is 0 Å². The third-order valence-electron chi connectivity index (χ3n) is 5.47.